The van der Waals surface area contributed by atoms with Gasteiger partial charge in [-0.1, -0.05) is 0 Å². The molecule has 1 aromatic rings. The summed E-state index contributed by atoms with van der Waals surface area (Å²) >= 11 is 0. The van der Waals surface area contributed by atoms with Crippen molar-refractivity contribution in [2.75, 3.05) is 6.79 Å². The smallest absolute Gasteiger partial charge is 0.144 e. The maximum absolute atomic E-state index is 12.5. The molecular weight excluding hydrogens is 166 g/mol. The summed E-state index contributed by atoms with van der Waals surface area (Å²) in [5, 5.41) is 8.26. The van der Waals surface area contributed by atoms with Gasteiger partial charge in [0.1, 0.15) is 18.4 Å². The summed E-state index contributed by atoms with van der Waals surface area (Å²) in [5.74, 6) is -1.29. The molecule has 0 aliphatic heterocycles. The normalized spacial score (nSPS) is 10.2. The van der Waals surface area contributed by atoms with Gasteiger partial charge in [-0.15, -0.1) is 0 Å². The van der Waals surface area contributed by atoms with Crippen LogP contribution in [0, 0.1) is 11.6 Å². The number of hydrogen-bond acceptors (Lipinski definition) is 2. The van der Waals surface area contributed by atoms with Gasteiger partial charge in [-0.25, -0.2) is 8.78 Å². The lowest BCUT2D eigenvalue weighted by Gasteiger charge is -2.00. The van der Waals surface area contributed by atoms with Crippen molar-refractivity contribution in [1.82, 2.24) is 0 Å². The van der Waals surface area contributed by atoms with Crippen LogP contribution in [0.25, 0.3) is 0 Å². The minimum atomic E-state index is -0.647. The number of aliphatic hydroxyl groups excluding tert-OH is 1. The van der Waals surface area contributed by atoms with Gasteiger partial charge in [0.25, 0.3) is 0 Å². The average Bonchev–Trinajstić information content (AvgIpc) is 1.99. The first-order valence-corrected chi connectivity index (χ1v) is 3.36. The topological polar surface area (TPSA) is 29.5 Å². The third kappa shape index (κ3) is 2.56. The molecule has 0 bridgehead atoms. The first-order valence-electron chi connectivity index (χ1n) is 3.36. The van der Waals surface area contributed by atoms with Gasteiger partial charge in [-0.3, -0.25) is 0 Å². The van der Waals surface area contributed by atoms with Crippen molar-refractivity contribution in [2.45, 2.75) is 6.61 Å². The molecule has 1 rings (SSSR count). The maximum Gasteiger partial charge on any atom is 0.144 e. The second kappa shape index (κ2) is 4.13. The van der Waals surface area contributed by atoms with E-state index >= 15 is 0 Å². The van der Waals surface area contributed by atoms with Crippen molar-refractivity contribution in [3.63, 3.8) is 0 Å². The van der Waals surface area contributed by atoms with E-state index in [-0.39, 0.29) is 6.61 Å². The van der Waals surface area contributed by atoms with Gasteiger partial charge in [0, 0.05) is 6.07 Å². The number of rotatable bonds is 3. The van der Waals surface area contributed by atoms with Crippen molar-refractivity contribution in [2.24, 2.45) is 0 Å². The number of aliphatic hydroxyl groups is 1. The molecule has 4 heteroatoms. The van der Waals surface area contributed by atoms with Crippen molar-refractivity contribution in [3.05, 3.63) is 35.4 Å². The molecule has 0 saturated heterocycles. The lowest BCUT2D eigenvalue weighted by molar-refractivity contribution is -0.0114. The molecule has 1 aromatic carbocycles. The Morgan fingerprint density at radius 2 is 1.75 bits per heavy atom. The SMILES string of the molecule is OCOCc1cc(F)cc(F)c1. The fourth-order valence-corrected chi connectivity index (χ4v) is 0.858. The quantitative estimate of drug-likeness (QED) is 0.702. The molecule has 0 heterocycles. The highest BCUT2D eigenvalue weighted by atomic mass is 19.1. The summed E-state index contributed by atoms with van der Waals surface area (Å²) in [4.78, 5) is 0. The van der Waals surface area contributed by atoms with E-state index in [4.69, 9.17) is 5.11 Å². The highest BCUT2D eigenvalue weighted by molar-refractivity contribution is 5.16. The summed E-state index contributed by atoms with van der Waals surface area (Å²) < 4.78 is 29.5. The molecule has 2 nitrogen and oxygen atoms in total. The monoisotopic (exact) mass is 174 g/mol. The molecule has 0 atom stereocenters. The largest absolute Gasteiger partial charge is 0.371 e. The molecule has 0 unspecified atom stereocenters. The first-order chi connectivity index (χ1) is 5.72. The molecule has 0 fully saturated rings. The zero-order valence-corrected chi connectivity index (χ0v) is 6.26. The summed E-state index contributed by atoms with van der Waals surface area (Å²) in [5.41, 5.74) is 0.363. The van der Waals surface area contributed by atoms with Crippen LogP contribution in [-0.2, 0) is 11.3 Å². The number of halogens is 2. The third-order valence-corrected chi connectivity index (χ3v) is 1.28. The van der Waals surface area contributed by atoms with Gasteiger partial charge < -0.3 is 9.84 Å². The zero-order valence-electron chi connectivity index (χ0n) is 6.26. The Bertz CT molecular complexity index is 243. The van der Waals surface area contributed by atoms with Crippen LogP contribution < -0.4 is 0 Å². The first kappa shape index (κ1) is 9.09. The van der Waals surface area contributed by atoms with Crippen LogP contribution in [-0.4, -0.2) is 11.9 Å². The molecule has 12 heavy (non-hydrogen) atoms. The van der Waals surface area contributed by atoms with Crippen molar-refractivity contribution in [3.8, 4) is 0 Å². The van der Waals surface area contributed by atoms with Gasteiger partial charge in [0.2, 0.25) is 0 Å². The van der Waals surface area contributed by atoms with Crippen LogP contribution >= 0.6 is 0 Å². The summed E-state index contributed by atoms with van der Waals surface area (Å²) in [6.07, 6.45) is 0. The maximum atomic E-state index is 12.5. The Hall–Kier alpha value is -1.00. The number of ether oxygens (including phenoxy) is 1. The van der Waals surface area contributed by atoms with Gasteiger partial charge in [0.15, 0.2) is 0 Å². The fraction of sp³-hybridized carbons (Fsp3) is 0.250. The Labute approximate surface area is 68.4 Å². The minimum Gasteiger partial charge on any atom is -0.371 e. The van der Waals surface area contributed by atoms with Crippen LogP contribution in [0.3, 0.4) is 0 Å². The predicted octanol–water partition coefficient (Wildman–Crippen LogP) is 1.43. The summed E-state index contributed by atoms with van der Waals surface area (Å²) in [6, 6.07) is 3.08. The van der Waals surface area contributed by atoms with Crippen LogP contribution in [0.5, 0.6) is 0 Å². The fourth-order valence-electron chi connectivity index (χ4n) is 0.858. The molecule has 0 spiro atoms. The Morgan fingerprint density at radius 1 is 1.17 bits per heavy atom. The van der Waals surface area contributed by atoms with Gasteiger partial charge in [0.05, 0.1) is 6.61 Å². The van der Waals surface area contributed by atoms with E-state index in [1.807, 2.05) is 0 Å². The minimum absolute atomic E-state index is 0.00514. The molecular formula is C8H8F2O2. The van der Waals surface area contributed by atoms with E-state index in [0.29, 0.717) is 5.56 Å². The van der Waals surface area contributed by atoms with Gasteiger partial charge >= 0.3 is 0 Å². The van der Waals surface area contributed by atoms with Gasteiger partial charge in [-0.05, 0) is 17.7 Å². The standard InChI is InChI=1S/C8H8F2O2/c9-7-1-6(4-12-5-11)2-8(10)3-7/h1-3,11H,4-5H2. The number of benzene rings is 1. The molecule has 0 amide bonds. The Morgan fingerprint density at radius 3 is 2.25 bits per heavy atom. The third-order valence-electron chi connectivity index (χ3n) is 1.28. The predicted molar refractivity (Wildman–Crippen MR) is 38.2 cm³/mol. The number of hydrogen-bond donors (Lipinski definition) is 1. The molecule has 0 aliphatic rings. The second-order valence-corrected chi connectivity index (χ2v) is 2.26. The Balaban J connectivity index is 2.72. The molecule has 66 valence electrons. The Kier molecular flexibility index (Phi) is 3.13. The lowest BCUT2D eigenvalue weighted by Crippen LogP contribution is -1.95. The lowest BCUT2D eigenvalue weighted by atomic mass is 10.2. The van der Waals surface area contributed by atoms with Crippen LogP contribution in [0.4, 0.5) is 8.78 Å². The van der Waals surface area contributed by atoms with Crippen LogP contribution in [0.1, 0.15) is 5.56 Å². The highest BCUT2D eigenvalue weighted by Crippen LogP contribution is 2.08. The van der Waals surface area contributed by atoms with E-state index in [9.17, 15) is 8.78 Å². The average molecular weight is 174 g/mol. The highest BCUT2D eigenvalue weighted by Gasteiger charge is 1.99. The van der Waals surface area contributed by atoms with E-state index in [1.165, 1.54) is 0 Å². The molecule has 0 aromatic heterocycles. The summed E-state index contributed by atoms with van der Waals surface area (Å²) in [6.45, 7) is -0.455. The van der Waals surface area contributed by atoms with Crippen LogP contribution in [0.2, 0.25) is 0 Å². The van der Waals surface area contributed by atoms with E-state index in [1.54, 1.807) is 0 Å². The van der Waals surface area contributed by atoms with Crippen molar-refractivity contribution in [1.29, 1.82) is 0 Å². The molecule has 0 saturated carbocycles. The molecule has 1 N–H and O–H groups in total. The second-order valence-electron chi connectivity index (χ2n) is 2.26. The molecule has 0 radical (unpaired) electrons. The van der Waals surface area contributed by atoms with E-state index in [0.717, 1.165) is 18.2 Å². The van der Waals surface area contributed by atoms with Crippen LogP contribution in [0.15, 0.2) is 18.2 Å². The molecule has 0 aliphatic carbocycles. The van der Waals surface area contributed by atoms with Crippen molar-refractivity contribution >= 4 is 0 Å². The zero-order chi connectivity index (χ0) is 8.97. The van der Waals surface area contributed by atoms with Gasteiger partial charge in [-0.2, -0.15) is 0 Å². The van der Waals surface area contributed by atoms with Crippen molar-refractivity contribution < 1.29 is 18.6 Å². The van der Waals surface area contributed by atoms with E-state index in [2.05, 4.69) is 4.74 Å². The summed E-state index contributed by atoms with van der Waals surface area (Å²) in [7, 11) is 0. The van der Waals surface area contributed by atoms with E-state index < -0.39 is 18.4 Å².